The maximum atomic E-state index is 12.5. The van der Waals surface area contributed by atoms with Crippen molar-refractivity contribution in [3.05, 3.63) is 65.5 Å². The minimum absolute atomic E-state index is 0.0815. The second kappa shape index (κ2) is 11.2. The van der Waals surface area contributed by atoms with Gasteiger partial charge in [-0.3, -0.25) is 9.59 Å². The molecule has 180 valence electrons. The number of nitrogens with one attached hydrogen (secondary N) is 3. The van der Waals surface area contributed by atoms with Gasteiger partial charge in [-0.2, -0.15) is 0 Å². The Bertz CT molecular complexity index is 1130. The van der Waals surface area contributed by atoms with Gasteiger partial charge in [0, 0.05) is 17.5 Å². The Labute approximate surface area is 201 Å². The topological polar surface area (TPSA) is 136 Å². The molecular formula is C23H26N4O6S. The van der Waals surface area contributed by atoms with Crippen LogP contribution in [0.5, 0.6) is 0 Å². The summed E-state index contributed by atoms with van der Waals surface area (Å²) >= 11 is 1.24. The zero-order valence-electron chi connectivity index (χ0n) is 19.3. The van der Waals surface area contributed by atoms with Gasteiger partial charge in [-0.25, -0.2) is 14.6 Å². The van der Waals surface area contributed by atoms with Crippen LogP contribution in [0.15, 0.2) is 54.2 Å². The predicted octanol–water partition coefficient (Wildman–Crippen LogP) is 2.88. The number of alkyl carbamates (subject to hydrolysis) is 1. The third-order valence-electron chi connectivity index (χ3n) is 3.98. The van der Waals surface area contributed by atoms with Crippen molar-refractivity contribution in [1.29, 1.82) is 0 Å². The number of rotatable bonds is 8. The zero-order valence-corrected chi connectivity index (χ0v) is 20.1. The third kappa shape index (κ3) is 7.85. The molecule has 0 unspecified atom stereocenters. The van der Waals surface area contributed by atoms with Gasteiger partial charge in [0.1, 0.15) is 22.0 Å². The van der Waals surface area contributed by atoms with Gasteiger partial charge < -0.3 is 25.4 Å². The molecule has 0 bridgehead atoms. The fraction of sp³-hybridized carbons (Fsp3) is 0.261. The van der Waals surface area contributed by atoms with E-state index in [0.29, 0.717) is 5.01 Å². The molecule has 0 aliphatic heterocycles. The number of ether oxygens (including phenoxy) is 2. The maximum absolute atomic E-state index is 12.5. The van der Waals surface area contributed by atoms with E-state index in [0.717, 1.165) is 18.2 Å². The smallest absolute Gasteiger partial charge is 0.407 e. The van der Waals surface area contributed by atoms with Crippen LogP contribution >= 0.6 is 11.3 Å². The number of esters is 1. The van der Waals surface area contributed by atoms with Gasteiger partial charge in [0.2, 0.25) is 0 Å². The molecule has 3 N–H and O–H groups in total. The molecule has 0 aliphatic rings. The van der Waals surface area contributed by atoms with Crippen LogP contribution < -0.4 is 16.0 Å². The Morgan fingerprint density at radius 3 is 2.44 bits per heavy atom. The minimum Gasteiger partial charge on any atom is -0.464 e. The lowest BCUT2D eigenvalue weighted by molar-refractivity contribution is -0.137. The summed E-state index contributed by atoms with van der Waals surface area (Å²) in [7, 11) is 1.14. The van der Waals surface area contributed by atoms with Crippen molar-refractivity contribution in [1.82, 2.24) is 20.9 Å². The van der Waals surface area contributed by atoms with Crippen molar-refractivity contribution in [2.45, 2.75) is 32.9 Å². The lowest BCUT2D eigenvalue weighted by atomic mass is 10.1. The fourth-order valence-corrected chi connectivity index (χ4v) is 3.26. The largest absolute Gasteiger partial charge is 0.464 e. The summed E-state index contributed by atoms with van der Waals surface area (Å²) in [5.41, 5.74) is 0.474. The number of aromatic nitrogens is 1. The Morgan fingerprint density at radius 2 is 1.79 bits per heavy atom. The molecule has 0 spiro atoms. The Kier molecular flexibility index (Phi) is 8.68. The van der Waals surface area contributed by atoms with E-state index in [2.05, 4.69) is 38.8 Å². The van der Waals surface area contributed by atoms with Gasteiger partial charge in [0.15, 0.2) is 0 Å². The van der Waals surface area contributed by atoms with Crippen LogP contribution in [0.25, 0.3) is 10.6 Å². The summed E-state index contributed by atoms with van der Waals surface area (Å²) in [6.07, 6.45) is -0.523. The second-order valence-corrected chi connectivity index (χ2v) is 8.81. The van der Waals surface area contributed by atoms with Crippen LogP contribution in [0, 0.1) is 0 Å². The molecule has 11 heteroatoms. The monoisotopic (exact) mass is 486 g/mol. The standard InChI is InChI=1S/C23H26N4O6S/c1-13(18(28)26-14(2)21(30)32-6)25-19(29)17-12-34-20(27-17)16-9-7-8-15(10-16)11-24-22(31)33-23(3,4)5/h7-10,12H,1-2,11H2,3-6H3,(H,24,31)(H,25,29)(H,26,28). The Morgan fingerprint density at radius 1 is 1.09 bits per heavy atom. The predicted molar refractivity (Wildman–Crippen MR) is 127 cm³/mol. The molecule has 0 radical (unpaired) electrons. The molecule has 1 aromatic heterocycles. The fourth-order valence-electron chi connectivity index (χ4n) is 2.46. The number of methoxy groups -OCH3 is 1. The van der Waals surface area contributed by atoms with Gasteiger partial charge in [-0.1, -0.05) is 31.4 Å². The van der Waals surface area contributed by atoms with Crippen molar-refractivity contribution in [3.63, 3.8) is 0 Å². The summed E-state index contributed by atoms with van der Waals surface area (Å²) in [4.78, 5) is 52.0. The number of thiazole rings is 1. The first kappa shape index (κ1) is 26.3. The van der Waals surface area contributed by atoms with Crippen LogP contribution in [0.4, 0.5) is 4.79 Å². The van der Waals surface area contributed by atoms with Crippen molar-refractivity contribution >= 4 is 35.2 Å². The van der Waals surface area contributed by atoms with E-state index in [9.17, 15) is 19.2 Å². The molecule has 1 aromatic carbocycles. The number of hydrogen-bond donors (Lipinski definition) is 3. The molecule has 0 saturated heterocycles. The SMILES string of the molecule is C=C(NC(=O)c1csc(-c2cccc(CNC(=O)OC(C)(C)C)c2)n1)C(=O)NC(=C)C(=O)OC. The van der Waals surface area contributed by atoms with Crippen molar-refractivity contribution in [2.24, 2.45) is 0 Å². The van der Waals surface area contributed by atoms with E-state index in [-0.39, 0.29) is 23.6 Å². The number of carbonyl (C=O) groups is 4. The molecule has 2 rings (SSSR count). The lowest BCUT2D eigenvalue weighted by Gasteiger charge is -2.19. The number of benzene rings is 1. The molecule has 10 nitrogen and oxygen atoms in total. The summed E-state index contributed by atoms with van der Waals surface area (Å²) in [6, 6.07) is 7.31. The first-order chi connectivity index (χ1) is 15.9. The van der Waals surface area contributed by atoms with E-state index in [1.807, 2.05) is 24.3 Å². The first-order valence-electron chi connectivity index (χ1n) is 10.00. The van der Waals surface area contributed by atoms with Gasteiger partial charge in [0.05, 0.1) is 12.8 Å². The average Bonchev–Trinajstić information content (AvgIpc) is 3.26. The average molecular weight is 487 g/mol. The van der Waals surface area contributed by atoms with Crippen molar-refractivity contribution in [2.75, 3.05) is 7.11 Å². The van der Waals surface area contributed by atoms with E-state index in [1.165, 1.54) is 16.7 Å². The summed E-state index contributed by atoms with van der Waals surface area (Å²) in [6.45, 7) is 12.5. The molecule has 3 amide bonds. The highest BCUT2D eigenvalue weighted by Gasteiger charge is 2.19. The summed E-state index contributed by atoms with van der Waals surface area (Å²) in [5.74, 6) is -2.28. The second-order valence-electron chi connectivity index (χ2n) is 7.95. The van der Waals surface area contributed by atoms with Gasteiger partial charge in [0.25, 0.3) is 11.8 Å². The van der Waals surface area contributed by atoms with E-state index >= 15 is 0 Å². The highest BCUT2D eigenvalue weighted by atomic mass is 32.1. The molecule has 0 fully saturated rings. The van der Waals surface area contributed by atoms with Crippen LogP contribution in [-0.2, 0) is 25.6 Å². The number of amides is 3. The third-order valence-corrected chi connectivity index (χ3v) is 4.87. The Hall–Kier alpha value is -3.99. The van der Waals surface area contributed by atoms with Crippen molar-refractivity contribution < 1.29 is 28.7 Å². The van der Waals surface area contributed by atoms with Crippen LogP contribution in [0.1, 0.15) is 36.8 Å². The quantitative estimate of drug-likeness (QED) is 0.386. The molecule has 0 saturated carbocycles. The lowest BCUT2D eigenvalue weighted by Crippen LogP contribution is -2.35. The highest BCUT2D eigenvalue weighted by molar-refractivity contribution is 7.13. The van der Waals surface area contributed by atoms with Gasteiger partial charge in [-0.05, 0) is 32.4 Å². The van der Waals surface area contributed by atoms with Crippen LogP contribution in [-0.4, -0.2) is 41.6 Å². The molecule has 0 atom stereocenters. The highest BCUT2D eigenvalue weighted by Crippen LogP contribution is 2.24. The van der Waals surface area contributed by atoms with E-state index < -0.39 is 29.5 Å². The van der Waals surface area contributed by atoms with Crippen LogP contribution in [0.2, 0.25) is 0 Å². The minimum atomic E-state index is -0.819. The first-order valence-corrected chi connectivity index (χ1v) is 10.9. The number of hydrogen-bond acceptors (Lipinski definition) is 8. The molecule has 34 heavy (non-hydrogen) atoms. The van der Waals surface area contributed by atoms with E-state index in [1.54, 1.807) is 20.8 Å². The normalized spacial score (nSPS) is 10.6. The summed E-state index contributed by atoms with van der Waals surface area (Å²) < 4.78 is 9.66. The van der Waals surface area contributed by atoms with E-state index in [4.69, 9.17) is 4.74 Å². The molecule has 1 heterocycles. The van der Waals surface area contributed by atoms with Gasteiger partial charge in [-0.15, -0.1) is 11.3 Å². The Balaban J connectivity index is 2.00. The van der Waals surface area contributed by atoms with Crippen LogP contribution in [0.3, 0.4) is 0 Å². The molecule has 2 aromatic rings. The number of nitrogens with zero attached hydrogens (tertiary/aromatic N) is 1. The number of carbonyl (C=O) groups excluding carboxylic acids is 4. The van der Waals surface area contributed by atoms with Gasteiger partial charge >= 0.3 is 12.1 Å². The maximum Gasteiger partial charge on any atom is 0.407 e. The molecular weight excluding hydrogens is 460 g/mol. The molecule has 0 aliphatic carbocycles. The zero-order chi connectivity index (χ0) is 25.5. The van der Waals surface area contributed by atoms with Crippen molar-refractivity contribution in [3.8, 4) is 10.6 Å². The summed E-state index contributed by atoms with van der Waals surface area (Å²) in [5, 5.41) is 9.30.